The highest BCUT2D eigenvalue weighted by molar-refractivity contribution is 5.83. The van der Waals surface area contributed by atoms with Crippen LogP contribution >= 0.6 is 0 Å². The van der Waals surface area contributed by atoms with Gasteiger partial charge in [0.05, 0.1) is 11.9 Å². The number of carbonyl (C=O) groups excluding carboxylic acids is 2. The molecule has 1 heterocycles. The third-order valence-electron chi connectivity index (χ3n) is 4.17. The van der Waals surface area contributed by atoms with Gasteiger partial charge in [-0.1, -0.05) is 24.3 Å². The van der Waals surface area contributed by atoms with Crippen molar-refractivity contribution in [2.75, 3.05) is 0 Å². The Bertz CT molecular complexity index is 1040. The SMILES string of the molecule is C[C@H](OC(=O)CCn1c(=O)oc2ccccc21)C(=O)NCc1ccc(F)cc1. The number of nitrogens with one attached hydrogen (secondary N) is 1. The highest BCUT2D eigenvalue weighted by Gasteiger charge is 2.18. The zero-order valence-corrected chi connectivity index (χ0v) is 15.2. The largest absolute Gasteiger partial charge is 0.452 e. The second-order valence-electron chi connectivity index (χ2n) is 6.21. The number of aryl methyl sites for hydroxylation is 1. The summed E-state index contributed by atoms with van der Waals surface area (Å²) in [6.07, 6.45) is -1.08. The predicted molar refractivity (Wildman–Crippen MR) is 98.9 cm³/mol. The molecule has 8 heteroatoms. The number of nitrogens with zero attached hydrogens (tertiary/aromatic N) is 1. The zero-order valence-electron chi connectivity index (χ0n) is 15.2. The molecule has 1 N–H and O–H groups in total. The van der Waals surface area contributed by atoms with Gasteiger partial charge in [0.1, 0.15) is 5.82 Å². The van der Waals surface area contributed by atoms with Crippen molar-refractivity contribution in [3.05, 3.63) is 70.5 Å². The van der Waals surface area contributed by atoms with E-state index in [9.17, 15) is 18.8 Å². The van der Waals surface area contributed by atoms with Crippen LogP contribution in [-0.2, 0) is 27.4 Å². The van der Waals surface area contributed by atoms with Crippen LogP contribution in [0.15, 0.2) is 57.7 Å². The molecule has 3 aromatic rings. The van der Waals surface area contributed by atoms with Crippen LogP contribution in [0.1, 0.15) is 18.9 Å². The number of hydrogen-bond donors (Lipinski definition) is 1. The Kier molecular flexibility index (Phi) is 5.88. The van der Waals surface area contributed by atoms with Crippen molar-refractivity contribution in [3.63, 3.8) is 0 Å². The molecular weight excluding hydrogens is 367 g/mol. The Hall–Kier alpha value is -3.42. The second-order valence-corrected chi connectivity index (χ2v) is 6.21. The number of fused-ring (bicyclic) bond motifs is 1. The zero-order chi connectivity index (χ0) is 20.1. The van der Waals surface area contributed by atoms with Crippen molar-refractivity contribution in [2.45, 2.75) is 32.5 Å². The Labute approximate surface area is 159 Å². The van der Waals surface area contributed by atoms with Gasteiger partial charge in [-0.25, -0.2) is 9.18 Å². The highest BCUT2D eigenvalue weighted by atomic mass is 19.1. The summed E-state index contributed by atoms with van der Waals surface area (Å²) in [5, 5.41) is 2.62. The first-order valence-electron chi connectivity index (χ1n) is 8.74. The average molecular weight is 386 g/mol. The van der Waals surface area contributed by atoms with Gasteiger partial charge in [-0.15, -0.1) is 0 Å². The minimum absolute atomic E-state index is 0.0819. The fourth-order valence-electron chi connectivity index (χ4n) is 2.67. The van der Waals surface area contributed by atoms with Crippen LogP contribution in [0.4, 0.5) is 4.39 Å². The fourth-order valence-corrected chi connectivity index (χ4v) is 2.67. The molecule has 0 saturated heterocycles. The smallest absolute Gasteiger partial charge is 0.419 e. The number of ether oxygens (including phenoxy) is 1. The molecule has 0 aliphatic rings. The van der Waals surface area contributed by atoms with Crippen molar-refractivity contribution >= 4 is 23.0 Å². The molecule has 1 amide bonds. The molecule has 7 nitrogen and oxygen atoms in total. The molecule has 0 bridgehead atoms. The molecule has 0 aliphatic heterocycles. The van der Waals surface area contributed by atoms with Crippen molar-refractivity contribution in [1.29, 1.82) is 0 Å². The third-order valence-corrected chi connectivity index (χ3v) is 4.17. The molecule has 0 unspecified atom stereocenters. The first-order chi connectivity index (χ1) is 13.4. The lowest BCUT2D eigenvalue weighted by molar-refractivity contribution is -0.155. The summed E-state index contributed by atoms with van der Waals surface area (Å²) >= 11 is 0. The lowest BCUT2D eigenvalue weighted by Crippen LogP contribution is -2.35. The lowest BCUT2D eigenvalue weighted by Gasteiger charge is -2.13. The van der Waals surface area contributed by atoms with Crippen LogP contribution < -0.4 is 11.1 Å². The minimum atomic E-state index is -0.995. The van der Waals surface area contributed by atoms with E-state index < -0.39 is 23.7 Å². The number of rotatable bonds is 7. The summed E-state index contributed by atoms with van der Waals surface area (Å²) in [7, 11) is 0. The van der Waals surface area contributed by atoms with Gasteiger partial charge in [0.25, 0.3) is 5.91 Å². The number of esters is 1. The third kappa shape index (κ3) is 4.64. The number of hydrogen-bond acceptors (Lipinski definition) is 5. The van der Waals surface area contributed by atoms with E-state index in [4.69, 9.17) is 9.15 Å². The Morgan fingerprint density at radius 3 is 2.64 bits per heavy atom. The lowest BCUT2D eigenvalue weighted by atomic mass is 10.2. The number of benzene rings is 2. The quantitative estimate of drug-likeness (QED) is 0.630. The van der Waals surface area contributed by atoms with Gasteiger partial charge in [0.15, 0.2) is 11.7 Å². The van der Waals surface area contributed by atoms with Crippen LogP contribution in [-0.4, -0.2) is 22.5 Å². The first kappa shape index (κ1) is 19.3. The molecule has 1 atom stereocenters. The number of amides is 1. The Morgan fingerprint density at radius 1 is 1.18 bits per heavy atom. The van der Waals surface area contributed by atoms with E-state index in [2.05, 4.69) is 5.32 Å². The van der Waals surface area contributed by atoms with E-state index >= 15 is 0 Å². The molecule has 2 aromatic carbocycles. The van der Waals surface area contributed by atoms with Gasteiger partial charge < -0.3 is 14.5 Å². The summed E-state index contributed by atoms with van der Waals surface area (Å²) in [4.78, 5) is 35.9. The fraction of sp³-hybridized carbons (Fsp3) is 0.250. The molecule has 28 heavy (non-hydrogen) atoms. The van der Waals surface area contributed by atoms with Crippen LogP contribution in [0.25, 0.3) is 11.1 Å². The van der Waals surface area contributed by atoms with Crippen molar-refractivity contribution in [1.82, 2.24) is 9.88 Å². The van der Waals surface area contributed by atoms with E-state index in [-0.39, 0.29) is 25.3 Å². The molecule has 0 fully saturated rings. The average Bonchev–Trinajstić information content (AvgIpc) is 3.00. The van der Waals surface area contributed by atoms with E-state index in [1.807, 2.05) is 0 Å². The maximum Gasteiger partial charge on any atom is 0.419 e. The Balaban J connectivity index is 1.49. The van der Waals surface area contributed by atoms with Gasteiger partial charge in [-0.2, -0.15) is 0 Å². The maximum atomic E-state index is 12.9. The van der Waals surface area contributed by atoms with Gasteiger partial charge in [0, 0.05) is 13.1 Å². The second kappa shape index (κ2) is 8.51. The molecule has 3 rings (SSSR count). The molecular formula is C20H19FN2O5. The monoisotopic (exact) mass is 386 g/mol. The summed E-state index contributed by atoms with van der Waals surface area (Å²) in [5.41, 5.74) is 1.75. The van der Waals surface area contributed by atoms with Gasteiger partial charge in [0.2, 0.25) is 0 Å². The molecule has 0 saturated carbocycles. The Morgan fingerprint density at radius 2 is 1.89 bits per heavy atom. The topological polar surface area (TPSA) is 90.5 Å². The van der Waals surface area contributed by atoms with Crippen LogP contribution in [0.3, 0.4) is 0 Å². The molecule has 0 spiro atoms. The number of aromatic nitrogens is 1. The normalized spacial score (nSPS) is 11.9. The first-order valence-corrected chi connectivity index (χ1v) is 8.74. The number of halogens is 1. The summed E-state index contributed by atoms with van der Waals surface area (Å²) in [6, 6.07) is 12.6. The standard InChI is InChI=1S/C20H19FN2O5/c1-13(19(25)22-12-14-6-8-15(21)9-7-14)27-18(24)10-11-23-16-4-2-3-5-17(16)28-20(23)26/h2-9,13H,10-12H2,1H3,(H,22,25)/t13-/m0/s1. The molecule has 1 aromatic heterocycles. The number of oxazole rings is 1. The van der Waals surface area contributed by atoms with Gasteiger partial charge in [-0.05, 0) is 36.8 Å². The highest BCUT2D eigenvalue weighted by Crippen LogP contribution is 2.12. The van der Waals surface area contributed by atoms with E-state index in [1.54, 1.807) is 36.4 Å². The van der Waals surface area contributed by atoms with Crippen molar-refractivity contribution in [3.8, 4) is 0 Å². The molecule has 0 aliphatic carbocycles. The number of carbonyl (C=O) groups is 2. The summed E-state index contributed by atoms with van der Waals surface area (Å²) < 4.78 is 24.4. The van der Waals surface area contributed by atoms with Crippen LogP contribution in [0.2, 0.25) is 0 Å². The predicted octanol–water partition coefficient (Wildman–Crippen LogP) is 2.37. The maximum absolute atomic E-state index is 12.9. The van der Waals surface area contributed by atoms with Gasteiger partial charge >= 0.3 is 11.7 Å². The van der Waals surface area contributed by atoms with Crippen molar-refractivity contribution in [2.24, 2.45) is 0 Å². The molecule has 0 radical (unpaired) electrons. The van der Waals surface area contributed by atoms with Crippen molar-refractivity contribution < 1.29 is 23.1 Å². The van der Waals surface area contributed by atoms with Gasteiger partial charge in [-0.3, -0.25) is 14.2 Å². The van der Waals surface area contributed by atoms with E-state index in [1.165, 1.54) is 23.6 Å². The van der Waals surface area contributed by atoms with Crippen LogP contribution in [0.5, 0.6) is 0 Å². The minimum Gasteiger partial charge on any atom is -0.452 e. The summed E-state index contributed by atoms with van der Waals surface area (Å²) in [6.45, 7) is 1.73. The van der Waals surface area contributed by atoms with Crippen LogP contribution in [0, 0.1) is 5.82 Å². The molecule has 146 valence electrons. The number of para-hydroxylation sites is 2. The van der Waals surface area contributed by atoms with E-state index in [0.717, 1.165) is 5.56 Å². The summed E-state index contributed by atoms with van der Waals surface area (Å²) in [5.74, 6) is -1.99. The van der Waals surface area contributed by atoms with E-state index in [0.29, 0.717) is 11.1 Å².